The molecule has 0 fully saturated rings. The molecular formula is C25H25N5O2. The molecule has 7 nitrogen and oxygen atoms in total. The third-order valence-electron chi connectivity index (χ3n) is 5.25. The summed E-state index contributed by atoms with van der Waals surface area (Å²) in [4.78, 5) is 19.5. The molecule has 162 valence electrons. The highest BCUT2D eigenvalue weighted by Crippen LogP contribution is 2.36. The van der Waals surface area contributed by atoms with Crippen LogP contribution in [-0.4, -0.2) is 30.4 Å². The molecule has 1 N–H and O–H groups in total. The number of nitrogens with zero attached hydrogens (tertiary/aromatic N) is 4. The molecule has 2 heterocycles. The number of fused-ring (bicyclic) bond motifs is 1. The maximum Gasteiger partial charge on any atom is 0.230 e. The van der Waals surface area contributed by atoms with E-state index < -0.39 is 0 Å². The zero-order chi connectivity index (χ0) is 22.8. The van der Waals surface area contributed by atoms with Crippen molar-refractivity contribution in [1.82, 2.24) is 5.16 Å². The number of hydrogen-bond acceptors (Lipinski definition) is 6. The highest BCUT2D eigenvalue weighted by Gasteiger charge is 2.21. The Kier molecular flexibility index (Phi) is 5.78. The number of aromatic nitrogens is 1. The van der Waals surface area contributed by atoms with Gasteiger partial charge in [0.1, 0.15) is 6.07 Å². The molecule has 0 atom stereocenters. The molecule has 1 aliphatic heterocycles. The lowest BCUT2D eigenvalue weighted by Gasteiger charge is -2.23. The highest BCUT2D eigenvalue weighted by molar-refractivity contribution is 6.17. The Morgan fingerprint density at radius 2 is 2.00 bits per heavy atom. The predicted molar refractivity (Wildman–Crippen MR) is 125 cm³/mol. The number of nitriles is 1. The monoisotopic (exact) mass is 427 g/mol. The van der Waals surface area contributed by atoms with Crippen molar-refractivity contribution in [2.24, 2.45) is 10.9 Å². The third-order valence-corrected chi connectivity index (χ3v) is 5.25. The number of amides is 1. The molecule has 0 radical (unpaired) electrons. The molecule has 0 spiro atoms. The molecule has 0 aliphatic carbocycles. The lowest BCUT2D eigenvalue weighted by atomic mass is 10.0. The average Bonchev–Trinajstić information content (AvgIpc) is 3.12. The Hall–Kier alpha value is -3.92. The van der Waals surface area contributed by atoms with Gasteiger partial charge >= 0.3 is 0 Å². The van der Waals surface area contributed by atoms with Crippen LogP contribution < -0.4 is 10.2 Å². The van der Waals surface area contributed by atoms with Crippen LogP contribution in [-0.2, 0) is 4.79 Å². The number of aliphatic imine (C=N–C) groups is 1. The van der Waals surface area contributed by atoms with Crippen LogP contribution in [0.1, 0.15) is 37.1 Å². The van der Waals surface area contributed by atoms with Gasteiger partial charge in [-0.05, 0) is 36.6 Å². The summed E-state index contributed by atoms with van der Waals surface area (Å²) < 4.78 is 5.39. The zero-order valence-corrected chi connectivity index (χ0v) is 18.6. The summed E-state index contributed by atoms with van der Waals surface area (Å²) >= 11 is 0. The van der Waals surface area contributed by atoms with Gasteiger partial charge in [0.25, 0.3) is 0 Å². The summed E-state index contributed by atoms with van der Waals surface area (Å²) in [6.07, 6.45) is 0.132. The predicted octanol–water partition coefficient (Wildman–Crippen LogP) is 5.08. The summed E-state index contributed by atoms with van der Waals surface area (Å²) in [7, 11) is 1.96. The van der Waals surface area contributed by atoms with Crippen LogP contribution in [0.4, 0.5) is 17.1 Å². The second-order valence-corrected chi connectivity index (χ2v) is 8.47. The minimum atomic E-state index is -0.171. The minimum absolute atomic E-state index is 0.132. The van der Waals surface area contributed by atoms with Crippen LogP contribution in [0.5, 0.6) is 0 Å². The number of carbonyl (C=O) groups excluding carboxylic acids is 1. The van der Waals surface area contributed by atoms with Gasteiger partial charge in [0.2, 0.25) is 5.91 Å². The molecule has 4 rings (SSSR count). The molecule has 3 aromatic rings. The highest BCUT2D eigenvalue weighted by atomic mass is 16.5. The van der Waals surface area contributed by atoms with Crippen LogP contribution in [0.3, 0.4) is 0 Å². The first kappa shape index (κ1) is 21.3. The number of benzene rings is 2. The number of hydrogen-bond donors (Lipinski definition) is 1. The van der Waals surface area contributed by atoms with Gasteiger partial charge in [0, 0.05) is 25.2 Å². The fourth-order valence-electron chi connectivity index (χ4n) is 3.87. The van der Waals surface area contributed by atoms with Crippen molar-refractivity contribution in [2.75, 3.05) is 23.8 Å². The van der Waals surface area contributed by atoms with Gasteiger partial charge in [0.05, 0.1) is 40.5 Å². The largest absolute Gasteiger partial charge is 0.373 e. The number of aryl methyl sites for hydroxylation is 1. The van der Waals surface area contributed by atoms with E-state index in [2.05, 4.69) is 35.3 Å². The van der Waals surface area contributed by atoms with Gasteiger partial charge in [-0.3, -0.25) is 9.79 Å². The topological polar surface area (TPSA) is 94.5 Å². The van der Waals surface area contributed by atoms with E-state index >= 15 is 0 Å². The van der Waals surface area contributed by atoms with Crippen molar-refractivity contribution in [2.45, 2.75) is 27.2 Å². The van der Waals surface area contributed by atoms with E-state index in [-0.39, 0.29) is 12.3 Å². The fourth-order valence-corrected chi connectivity index (χ4v) is 3.87. The average molecular weight is 428 g/mol. The fraction of sp³-hybridized carbons (Fsp3) is 0.280. The standard InChI is InChI=1S/C25H25N5O2/c1-15(2)14-30(4)23-11-22-21(10-19(23)13-26)28-25(31)12-20(27-22)17-6-5-7-18(9-17)24-8-16(3)29-32-24/h5-11,15H,12,14H2,1-4H3,(H,28,31). The molecule has 0 bridgehead atoms. The molecular weight excluding hydrogens is 402 g/mol. The van der Waals surface area contributed by atoms with Gasteiger partial charge in [-0.1, -0.05) is 37.2 Å². The normalized spacial score (nSPS) is 13.1. The molecule has 1 aromatic heterocycles. The van der Waals surface area contributed by atoms with E-state index in [1.807, 2.05) is 50.4 Å². The Bertz CT molecular complexity index is 1250. The first-order valence-electron chi connectivity index (χ1n) is 10.5. The van der Waals surface area contributed by atoms with Gasteiger partial charge in [-0.15, -0.1) is 0 Å². The first-order valence-corrected chi connectivity index (χ1v) is 10.5. The summed E-state index contributed by atoms with van der Waals surface area (Å²) in [5.41, 5.74) is 5.65. The second kappa shape index (κ2) is 8.67. The van der Waals surface area contributed by atoms with Crippen molar-refractivity contribution >= 4 is 28.7 Å². The molecule has 1 amide bonds. The Morgan fingerprint density at radius 1 is 1.22 bits per heavy atom. The number of nitrogens with one attached hydrogen (secondary N) is 1. The van der Waals surface area contributed by atoms with Crippen molar-refractivity contribution < 1.29 is 9.32 Å². The Morgan fingerprint density at radius 3 is 2.69 bits per heavy atom. The first-order chi connectivity index (χ1) is 15.3. The SMILES string of the molecule is Cc1cc(-c2cccc(C3=Nc4cc(N(C)CC(C)C)c(C#N)cc4NC(=O)C3)c2)on1. The minimum Gasteiger partial charge on any atom is -0.373 e. The summed E-state index contributed by atoms with van der Waals surface area (Å²) in [5.74, 6) is 0.932. The van der Waals surface area contributed by atoms with Crippen molar-refractivity contribution in [1.29, 1.82) is 5.26 Å². The maximum atomic E-state index is 12.6. The van der Waals surface area contributed by atoms with E-state index in [0.29, 0.717) is 34.3 Å². The quantitative estimate of drug-likeness (QED) is 0.613. The molecule has 1 aliphatic rings. The zero-order valence-electron chi connectivity index (χ0n) is 18.6. The van der Waals surface area contributed by atoms with Crippen LogP contribution in [0.15, 0.2) is 52.0 Å². The maximum absolute atomic E-state index is 12.6. The summed E-state index contributed by atoms with van der Waals surface area (Å²) in [6.45, 7) is 6.93. The molecule has 0 unspecified atom stereocenters. The van der Waals surface area contributed by atoms with Gasteiger partial charge in [-0.2, -0.15) is 5.26 Å². The van der Waals surface area contributed by atoms with Crippen LogP contribution in [0, 0.1) is 24.2 Å². The smallest absolute Gasteiger partial charge is 0.230 e. The summed E-state index contributed by atoms with van der Waals surface area (Å²) in [6, 6.07) is 15.4. The number of carbonyl (C=O) groups is 1. The van der Waals surface area contributed by atoms with E-state index in [9.17, 15) is 10.1 Å². The number of anilines is 2. The molecule has 7 heteroatoms. The van der Waals surface area contributed by atoms with Crippen molar-refractivity contribution in [3.63, 3.8) is 0 Å². The number of rotatable bonds is 5. The van der Waals surface area contributed by atoms with E-state index in [1.165, 1.54) is 0 Å². The van der Waals surface area contributed by atoms with E-state index in [1.54, 1.807) is 6.07 Å². The molecule has 0 saturated heterocycles. The van der Waals surface area contributed by atoms with Crippen LogP contribution in [0.25, 0.3) is 11.3 Å². The van der Waals surface area contributed by atoms with Crippen LogP contribution in [0.2, 0.25) is 0 Å². The lowest BCUT2D eigenvalue weighted by molar-refractivity contribution is -0.115. The third kappa shape index (κ3) is 4.40. The van der Waals surface area contributed by atoms with Crippen molar-refractivity contribution in [3.05, 3.63) is 59.3 Å². The lowest BCUT2D eigenvalue weighted by Crippen LogP contribution is -2.23. The van der Waals surface area contributed by atoms with E-state index in [4.69, 9.17) is 9.52 Å². The Labute approximate surface area is 187 Å². The second-order valence-electron chi connectivity index (χ2n) is 8.47. The van der Waals surface area contributed by atoms with Gasteiger partial charge in [-0.25, -0.2) is 0 Å². The van der Waals surface area contributed by atoms with E-state index in [0.717, 1.165) is 29.1 Å². The Balaban J connectivity index is 1.79. The molecule has 32 heavy (non-hydrogen) atoms. The van der Waals surface area contributed by atoms with Gasteiger partial charge < -0.3 is 14.7 Å². The molecule has 2 aromatic carbocycles. The van der Waals surface area contributed by atoms with Crippen molar-refractivity contribution in [3.8, 4) is 17.4 Å². The van der Waals surface area contributed by atoms with Gasteiger partial charge in [0.15, 0.2) is 5.76 Å². The molecule has 0 saturated carbocycles. The van der Waals surface area contributed by atoms with Crippen LogP contribution >= 0.6 is 0 Å². The summed E-state index contributed by atoms with van der Waals surface area (Å²) in [5, 5.41) is 16.5.